The Balaban J connectivity index is 1.90. The molecular weight excluding hydrogens is 262 g/mol. The summed E-state index contributed by atoms with van der Waals surface area (Å²) in [6.07, 6.45) is 1.10. The van der Waals surface area contributed by atoms with Gasteiger partial charge in [-0.25, -0.2) is 0 Å². The number of thioether (sulfide) groups is 1. The second-order valence-electron chi connectivity index (χ2n) is 4.97. The minimum Gasteiger partial charge on any atom is -0.360 e. The summed E-state index contributed by atoms with van der Waals surface area (Å²) in [5.74, 6) is 0.649. The quantitative estimate of drug-likeness (QED) is 0.679. The van der Waals surface area contributed by atoms with Crippen molar-refractivity contribution < 1.29 is 4.92 Å². The van der Waals surface area contributed by atoms with Gasteiger partial charge in [-0.05, 0) is 24.5 Å². The number of non-ortho nitro benzene ring substituents is 1. The van der Waals surface area contributed by atoms with Crippen LogP contribution in [0.1, 0.15) is 20.3 Å². The molecule has 0 aromatic heterocycles. The lowest BCUT2D eigenvalue weighted by atomic mass is 10.1. The second kappa shape index (κ2) is 6.06. The molecule has 0 radical (unpaired) electrons. The first kappa shape index (κ1) is 13.9. The molecule has 102 valence electrons. The number of nitrogens with zero attached hydrogens (tertiary/aromatic N) is 2. The van der Waals surface area contributed by atoms with E-state index in [-0.39, 0.29) is 5.69 Å². The molecule has 1 atom stereocenters. The highest BCUT2D eigenvalue weighted by atomic mass is 32.2. The summed E-state index contributed by atoms with van der Waals surface area (Å²) in [5, 5.41) is 14.9. The second-order valence-corrected chi connectivity index (χ2v) is 6.03. The molecule has 0 fully saturated rings. The Morgan fingerprint density at radius 3 is 2.74 bits per heavy atom. The van der Waals surface area contributed by atoms with Gasteiger partial charge in [0, 0.05) is 23.1 Å². The molecule has 0 bridgehead atoms. The third-order valence-electron chi connectivity index (χ3n) is 2.80. The van der Waals surface area contributed by atoms with E-state index in [1.165, 1.54) is 23.9 Å². The smallest absolute Gasteiger partial charge is 0.269 e. The Labute approximate surface area is 116 Å². The van der Waals surface area contributed by atoms with Crippen molar-refractivity contribution in [1.29, 1.82) is 0 Å². The lowest BCUT2D eigenvalue weighted by Gasteiger charge is -2.13. The highest BCUT2D eigenvalue weighted by Crippen LogP contribution is 2.24. The van der Waals surface area contributed by atoms with Crippen LogP contribution < -0.4 is 5.32 Å². The average molecular weight is 279 g/mol. The Morgan fingerprint density at radius 2 is 2.16 bits per heavy atom. The molecule has 0 aliphatic carbocycles. The van der Waals surface area contributed by atoms with Crippen LogP contribution in [-0.4, -0.2) is 22.7 Å². The van der Waals surface area contributed by atoms with Gasteiger partial charge in [-0.1, -0.05) is 25.6 Å². The normalized spacial score (nSPS) is 18.3. The van der Waals surface area contributed by atoms with Gasteiger partial charge in [0.2, 0.25) is 0 Å². The predicted molar refractivity (Wildman–Crippen MR) is 77.6 cm³/mol. The van der Waals surface area contributed by atoms with E-state index in [0.29, 0.717) is 12.0 Å². The van der Waals surface area contributed by atoms with Crippen molar-refractivity contribution in [3.8, 4) is 0 Å². The van der Waals surface area contributed by atoms with E-state index in [4.69, 9.17) is 0 Å². The van der Waals surface area contributed by atoms with E-state index >= 15 is 0 Å². The van der Waals surface area contributed by atoms with Gasteiger partial charge >= 0.3 is 0 Å². The summed E-state index contributed by atoms with van der Waals surface area (Å²) >= 11 is 1.52. The molecule has 0 saturated carbocycles. The first-order chi connectivity index (χ1) is 9.04. The summed E-state index contributed by atoms with van der Waals surface area (Å²) in [6, 6.07) is 6.96. The van der Waals surface area contributed by atoms with Crippen LogP contribution >= 0.6 is 11.8 Å². The molecular formula is C13H17N3O2S. The van der Waals surface area contributed by atoms with E-state index in [9.17, 15) is 10.1 Å². The minimum atomic E-state index is -0.390. The van der Waals surface area contributed by atoms with Crippen molar-refractivity contribution in [1.82, 2.24) is 5.32 Å². The number of nitro groups is 1. The summed E-state index contributed by atoms with van der Waals surface area (Å²) < 4.78 is 0. The molecule has 2 rings (SSSR count). The van der Waals surface area contributed by atoms with Crippen molar-refractivity contribution in [2.75, 3.05) is 6.54 Å². The van der Waals surface area contributed by atoms with E-state index in [2.05, 4.69) is 24.2 Å². The monoisotopic (exact) mass is 279 g/mol. The predicted octanol–water partition coefficient (Wildman–Crippen LogP) is 3.06. The summed E-state index contributed by atoms with van der Waals surface area (Å²) in [5.41, 5.74) is 0.114. The van der Waals surface area contributed by atoms with Gasteiger partial charge in [-0.2, -0.15) is 0 Å². The maximum absolute atomic E-state index is 10.6. The lowest BCUT2D eigenvalue weighted by Crippen LogP contribution is -2.29. The first-order valence-electron chi connectivity index (χ1n) is 6.28. The fraction of sp³-hybridized carbons (Fsp3) is 0.462. The largest absolute Gasteiger partial charge is 0.360 e. The summed E-state index contributed by atoms with van der Waals surface area (Å²) in [6.45, 7) is 5.21. The molecule has 0 amide bonds. The van der Waals surface area contributed by atoms with Crippen molar-refractivity contribution >= 4 is 22.6 Å². The van der Waals surface area contributed by atoms with Gasteiger partial charge < -0.3 is 5.32 Å². The molecule has 5 nitrogen and oxygen atoms in total. The number of hydrogen-bond donors (Lipinski definition) is 1. The SMILES string of the molecule is CC(C)CC1CN=C(Sc2ccc([N+](=O)[O-])cc2)N1. The zero-order valence-electron chi connectivity index (χ0n) is 11.0. The van der Waals surface area contributed by atoms with Crippen molar-refractivity contribution in [2.24, 2.45) is 10.9 Å². The number of nitro benzene ring substituents is 1. The lowest BCUT2D eigenvalue weighted by molar-refractivity contribution is -0.384. The number of benzene rings is 1. The van der Waals surface area contributed by atoms with E-state index in [0.717, 1.165) is 23.0 Å². The fourth-order valence-electron chi connectivity index (χ4n) is 1.97. The maximum atomic E-state index is 10.6. The Morgan fingerprint density at radius 1 is 1.47 bits per heavy atom. The molecule has 0 spiro atoms. The zero-order valence-corrected chi connectivity index (χ0v) is 11.8. The van der Waals surface area contributed by atoms with Gasteiger partial charge in [0.1, 0.15) is 0 Å². The molecule has 1 aromatic carbocycles. The summed E-state index contributed by atoms with van der Waals surface area (Å²) in [4.78, 5) is 15.6. The number of aliphatic imine (C=N–C) groups is 1. The number of rotatable bonds is 4. The van der Waals surface area contributed by atoms with Crippen LogP contribution in [0.4, 0.5) is 5.69 Å². The molecule has 6 heteroatoms. The molecule has 1 aliphatic heterocycles. The average Bonchev–Trinajstić information content (AvgIpc) is 2.76. The third kappa shape index (κ3) is 3.96. The highest BCUT2D eigenvalue weighted by molar-refractivity contribution is 8.13. The van der Waals surface area contributed by atoms with Crippen molar-refractivity contribution in [3.63, 3.8) is 0 Å². The van der Waals surface area contributed by atoms with Gasteiger partial charge in [-0.3, -0.25) is 15.1 Å². The van der Waals surface area contributed by atoms with E-state index in [1.54, 1.807) is 12.1 Å². The van der Waals surface area contributed by atoms with Gasteiger partial charge in [0.05, 0.1) is 11.5 Å². The number of hydrogen-bond acceptors (Lipinski definition) is 5. The number of amidine groups is 1. The molecule has 1 aromatic rings. The highest BCUT2D eigenvalue weighted by Gasteiger charge is 2.19. The molecule has 0 saturated heterocycles. The van der Waals surface area contributed by atoms with Gasteiger partial charge in [0.15, 0.2) is 5.17 Å². The van der Waals surface area contributed by atoms with Gasteiger partial charge in [-0.15, -0.1) is 0 Å². The standard InChI is InChI=1S/C13H17N3O2S/c1-9(2)7-10-8-14-13(15-10)19-12-5-3-11(4-6-12)16(17)18/h3-6,9-10H,7-8H2,1-2H3,(H,14,15). The van der Waals surface area contributed by atoms with Crippen LogP contribution in [0.5, 0.6) is 0 Å². The topological polar surface area (TPSA) is 67.5 Å². The molecule has 19 heavy (non-hydrogen) atoms. The Kier molecular flexibility index (Phi) is 4.42. The first-order valence-corrected chi connectivity index (χ1v) is 7.09. The van der Waals surface area contributed by atoms with Crippen molar-refractivity contribution in [2.45, 2.75) is 31.2 Å². The van der Waals surface area contributed by atoms with Crippen LogP contribution in [0.25, 0.3) is 0 Å². The Hall–Kier alpha value is -1.56. The Bertz CT molecular complexity index is 485. The van der Waals surface area contributed by atoms with Crippen LogP contribution in [0.15, 0.2) is 34.2 Å². The van der Waals surface area contributed by atoms with Gasteiger partial charge in [0.25, 0.3) is 5.69 Å². The molecule has 1 heterocycles. The summed E-state index contributed by atoms with van der Waals surface area (Å²) in [7, 11) is 0. The molecule has 1 N–H and O–H groups in total. The van der Waals surface area contributed by atoms with E-state index in [1.807, 2.05) is 0 Å². The van der Waals surface area contributed by atoms with Crippen LogP contribution in [-0.2, 0) is 0 Å². The van der Waals surface area contributed by atoms with Crippen LogP contribution in [0.2, 0.25) is 0 Å². The van der Waals surface area contributed by atoms with Crippen LogP contribution in [0.3, 0.4) is 0 Å². The number of nitrogens with one attached hydrogen (secondary N) is 1. The fourth-order valence-corrected chi connectivity index (χ4v) is 2.83. The zero-order chi connectivity index (χ0) is 13.8. The van der Waals surface area contributed by atoms with E-state index < -0.39 is 4.92 Å². The minimum absolute atomic E-state index is 0.114. The van der Waals surface area contributed by atoms with Crippen molar-refractivity contribution in [3.05, 3.63) is 34.4 Å². The maximum Gasteiger partial charge on any atom is 0.269 e. The molecule has 1 aliphatic rings. The molecule has 1 unspecified atom stereocenters. The van der Waals surface area contributed by atoms with Crippen LogP contribution in [0, 0.1) is 16.0 Å². The third-order valence-corrected chi connectivity index (χ3v) is 3.75.